The third-order valence-electron chi connectivity index (χ3n) is 0.355. The van der Waals surface area contributed by atoms with E-state index in [2.05, 4.69) is 4.29 Å². The molecule has 0 saturated carbocycles. The summed E-state index contributed by atoms with van der Waals surface area (Å²) in [5, 5.41) is 0. The normalized spacial score (nSPS) is 9.00. The maximum atomic E-state index is 5.24. The second kappa shape index (κ2) is 5.54. The number of hydrogen-bond acceptors (Lipinski definition) is 1. The third-order valence-corrected chi connectivity index (χ3v) is 0.777. The van der Waals surface area contributed by atoms with Gasteiger partial charge < -0.3 is 0 Å². The van der Waals surface area contributed by atoms with Gasteiger partial charge in [-0.2, -0.15) is 0 Å². The van der Waals surface area contributed by atoms with Gasteiger partial charge in [0, 0.05) is 5.88 Å². The lowest BCUT2D eigenvalue weighted by Crippen LogP contribution is -1.82. The van der Waals surface area contributed by atoms with E-state index in [0.717, 1.165) is 6.42 Å². The van der Waals surface area contributed by atoms with Gasteiger partial charge in [-0.1, -0.05) is 0 Å². The standard InChI is InChI=1S/C3H6Cl2O/c4-2-1-3-6-5/h1-3H2. The highest BCUT2D eigenvalue weighted by Crippen LogP contribution is 1.86. The van der Waals surface area contributed by atoms with Gasteiger partial charge in [-0.05, 0) is 6.42 Å². The van der Waals surface area contributed by atoms with Crippen molar-refractivity contribution >= 4 is 23.5 Å². The van der Waals surface area contributed by atoms with Gasteiger partial charge in [-0.3, -0.25) is 4.29 Å². The lowest BCUT2D eigenvalue weighted by molar-refractivity contribution is 0.352. The topological polar surface area (TPSA) is 9.23 Å². The van der Waals surface area contributed by atoms with E-state index in [0.29, 0.717) is 12.5 Å². The Hall–Kier alpha value is 0.540. The molecule has 0 aromatic heterocycles. The van der Waals surface area contributed by atoms with Gasteiger partial charge >= 0.3 is 0 Å². The zero-order valence-corrected chi connectivity index (χ0v) is 4.80. The zero-order chi connectivity index (χ0) is 4.83. The Kier molecular flexibility index (Phi) is 6.04. The van der Waals surface area contributed by atoms with Crippen LogP contribution in [0, 0.1) is 0 Å². The molecule has 3 heteroatoms. The fourth-order valence-corrected chi connectivity index (χ4v) is 0.327. The van der Waals surface area contributed by atoms with Crippen LogP contribution in [-0.2, 0) is 4.29 Å². The smallest absolute Gasteiger partial charge is 0.0693 e. The Bertz CT molecular complexity index is 20.8. The summed E-state index contributed by atoms with van der Waals surface area (Å²) in [6.07, 6.45) is 0.824. The van der Waals surface area contributed by atoms with Crippen molar-refractivity contribution in [2.24, 2.45) is 0 Å². The van der Waals surface area contributed by atoms with Crippen molar-refractivity contribution in [1.82, 2.24) is 0 Å². The number of alkyl halides is 1. The number of hydrogen-bond donors (Lipinski definition) is 0. The van der Waals surface area contributed by atoms with E-state index >= 15 is 0 Å². The lowest BCUT2D eigenvalue weighted by atomic mass is 10.5. The van der Waals surface area contributed by atoms with Crippen LogP contribution in [0.25, 0.3) is 0 Å². The first-order valence-electron chi connectivity index (χ1n) is 1.71. The quantitative estimate of drug-likeness (QED) is 0.416. The summed E-state index contributed by atoms with van der Waals surface area (Å²) < 4.78 is 4.17. The molecule has 0 unspecified atom stereocenters. The van der Waals surface area contributed by atoms with E-state index in [4.69, 9.17) is 23.5 Å². The van der Waals surface area contributed by atoms with Crippen LogP contribution in [0.5, 0.6) is 0 Å². The van der Waals surface area contributed by atoms with E-state index < -0.39 is 0 Å². The van der Waals surface area contributed by atoms with E-state index in [1.165, 1.54) is 0 Å². The van der Waals surface area contributed by atoms with E-state index in [1.807, 2.05) is 0 Å². The molecule has 0 spiro atoms. The van der Waals surface area contributed by atoms with Crippen molar-refractivity contribution in [3.05, 3.63) is 0 Å². The van der Waals surface area contributed by atoms with Crippen molar-refractivity contribution in [2.45, 2.75) is 6.42 Å². The van der Waals surface area contributed by atoms with Crippen LogP contribution in [0.1, 0.15) is 6.42 Å². The summed E-state index contributed by atoms with van der Waals surface area (Å²) in [6.45, 7) is 0.547. The number of halogens is 2. The molecular weight excluding hydrogens is 123 g/mol. The molecule has 0 radical (unpaired) electrons. The molecule has 0 aliphatic heterocycles. The summed E-state index contributed by atoms with van der Waals surface area (Å²) >= 11 is 10.1. The van der Waals surface area contributed by atoms with Crippen LogP contribution in [0.2, 0.25) is 0 Å². The van der Waals surface area contributed by atoms with Crippen molar-refractivity contribution in [2.75, 3.05) is 12.5 Å². The average Bonchev–Trinajstić information content (AvgIpc) is 1.61. The van der Waals surface area contributed by atoms with Gasteiger partial charge in [-0.25, -0.2) is 0 Å². The molecule has 0 aliphatic rings. The Morgan fingerprint density at radius 2 is 2.17 bits per heavy atom. The van der Waals surface area contributed by atoms with Crippen molar-refractivity contribution in [1.29, 1.82) is 0 Å². The van der Waals surface area contributed by atoms with Gasteiger partial charge in [0.1, 0.15) is 0 Å². The Labute approximate surface area is 47.4 Å². The molecule has 0 heterocycles. The molecule has 0 aromatic rings. The van der Waals surface area contributed by atoms with Crippen LogP contribution in [0.3, 0.4) is 0 Å². The molecule has 0 fully saturated rings. The fourth-order valence-electron chi connectivity index (χ4n) is 0.109. The van der Waals surface area contributed by atoms with Crippen LogP contribution in [-0.4, -0.2) is 12.5 Å². The molecule has 0 saturated heterocycles. The second-order valence-electron chi connectivity index (χ2n) is 0.856. The third kappa shape index (κ3) is 4.54. The van der Waals surface area contributed by atoms with Gasteiger partial charge in [-0.15, -0.1) is 11.6 Å². The highest BCUT2D eigenvalue weighted by molar-refractivity contribution is 6.17. The van der Waals surface area contributed by atoms with Crippen LogP contribution >= 0.6 is 23.5 Å². The Morgan fingerprint density at radius 3 is 2.33 bits per heavy atom. The van der Waals surface area contributed by atoms with Gasteiger partial charge in [0.05, 0.1) is 18.5 Å². The van der Waals surface area contributed by atoms with Crippen molar-refractivity contribution in [3.8, 4) is 0 Å². The fraction of sp³-hybridized carbons (Fsp3) is 1.00. The molecule has 1 nitrogen and oxygen atoms in total. The molecule has 38 valence electrons. The van der Waals surface area contributed by atoms with E-state index in [1.54, 1.807) is 0 Å². The molecule has 0 rings (SSSR count). The molecule has 0 aromatic carbocycles. The lowest BCUT2D eigenvalue weighted by Gasteiger charge is -1.84. The Balaban J connectivity index is 2.34. The molecule has 0 bridgehead atoms. The van der Waals surface area contributed by atoms with Crippen molar-refractivity contribution in [3.63, 3.8) is 0 Å². The first-order chi connectivity index (χ1) is 2.91. The van der Waals surface area contributed by atoms with Crippen LogP contribution in [0.15, 0.2) is 0 Å². The Morgan fingerprint density at radius 1 is 1.50 bits per heavy atom. The minimum Gasteiger partial charge on any atom is -0.279 e. The summed E-state index contributed by atoms with van der Waals surface area (Å²) in [4.78, 5) is 0. The zero-order valence-electron chi connectivity index (χ0n) is 3.29. The largest absolute Gasteiger partial charge is 0.279 e. The highest BCUT2D eigenvalue weighted by Gasteiger charge is 1.78. The molecule has 0 aliphatic carbocycles. The minimum atomic E-state index is 0.547. The predicted octanol–water partition coefficient (Wildman–Crippen LogP) is 1.79. The molecule has 6 heavy (non-hydrogen) atoms. The number of rotatable bonds is 3. The minimum absolute atomic E-state index is 0.547. The monoisotopic (exact) mass is 128 g/mol. The van der Waals surface area contributed by atoms with Crippen molar-refractivity contribution < 1.29 is 4.29 Å². The molecule has 0 atom stereocenters. The first kappa shape index (κ1) is 6.54. The van der Waals surface area contributed by atoms with Gasteiger partial charge in [0.25, 0.3) is 0 Å². The average molecular weight is 129 g/mol. The van der Waals surface area contributed by atoms with Gasteiger partial charge in [0.15, 0.2) is 0 Å². The highest BCUT2D eigenvalue weighted by atomic mass is 35.5. The van der Waals surface area contributed by atoms with Gasteiger partial charge in [0.2, 0.25) is 0 Å². The van der Waals surface area contributed by atoms with E-state index in [-0.39, 0.29) is 0 Å². The maximum Gasteiger partial charge on any atom is 0.0693 e. The molecule has 0 amide bonds. The van der Waals surface area contributed by atoms with Crippen LogP contribution < -0.4 is 0 Å². The summed E-state index contributed by atoms with van der Waals surface area (Å²) in [5.41, 5.74) is 0. The van der Waals surface area contributed by atoms with E-state index in [9.17, 15) is 0 Å². The summed E-state index contributed by atoms with van der Waals surface area (Å²) in [5.74, 6) is 0.618. The first-order valence-corrected chi connectivity index (χ1v) is 2.55. The SMILES string of the molecule is ClCCCOCl. The van der Waals surface area contributed by atoms with Crippen LogP contribution in [0.4, 0.5) is 0 Å². The maximum absolute atomic E-state index is 5.24. The predicted molar refractivity (Wildman–Crippen MR) is 27.1 cm³/mol. The summed E-state index contributed by atoms with van der Waals surface area (Å²) in [7, 11) is 0. The molecular formula is C3H6Cl2O. The summed E-state index contributed by atoms with van der Waals surface area (Å²) in [6, 6.07) is 0. The second-order valence-corrected chi connectivity index (χ2v) is 1.45. The molecule has 0 N–H and O–H groups in total.